The Balaban J connectivity index is 1.87. The first-order chi connectivity index (χ1) is 13.5. The molecule has 28 heavy (non-hydrogen) atoms. The van der Waals surface area contributed by atoms with Gasteiger partial charge in [0.1, 0.15) is 6.04 Å². The minimum atomic E-state index is -0.747. The molecule has 0 saturated heterocycles. The van der Waals surface area contributed by atoms with E-state index in [1.54, 1.807) is 30.3 Å². The summed E-state index contributed by atoms with van der Waals surface area (Å²) in [5.74, 6) is -0.379. The van der Waals surface area contributed by atoms with Gasteiger partial charge in [0, 0.05) is 22.9 Å². The monoisotopic (exact) mass is 375 g/mol. The van der Waals surface area contributed by atoms with Crippen LogP contribution < -0.4 is 10.9 Å². The molecular formula is C22H21N3O3. The maximum absolute atomic E-state index is 12.8. The zero-order valence-electron chi connectivity index (χ0n) is 15.8. The van der Waals surface area contributed by atoms with E-state index in [9.17, 15) is 14.4 Å². The van der Waals surface area contributed by atoms with Gasteiger partial charge >= 0.3 is 0 Å². The topological polar surface area (TPSA) is 81.1 Å². The number of nitrogens with one attached hydrogen (secondary N) is 1. The molecule has 0 bridgehead atoms. The molecule has 0 aliphatic rings. The Bertz CT molecular complexity index is 1040. The number of carbonyl (C=O) groups is 2. The Morgan fingerprint density at radius 1 is 1.00 bits per heavy atom. The molecule has 0 spiro atoms. The highest BCUT2D eigenvalue weighted by Crippen LogP contribution is 2.18. The summed E-state index contributed by atoms with van der Waals surface area (Å²) in [5.41, 5.74) is 2.27. The summed E-state index contributed by atoms with van der Waals surface area (Å²) < 4.78 is 1.22. The van der Waals surface area contributed by atoms with E-state index in [1.165, 1.54) is 17.7 Å². The molecule has 3 aromatic rings. The van der Waals surface area contributed by atoms with Crippen LogP contribution in [0.15, 0.2) is 71.5 Å². The Morgan fingerprint density at radius 3 is 2.29 bits per heavy atom. The third-order valence-corrected chi connectivity index (χ3v) is 4.44. The Labute approximate surface area is 162 Å². The number of carbonyl (C=O) groups excluding carboxylic acids is 2. The van der Waals surface area contributed by atoms with Crippen molar-refractivity contribution in [1.82, 2.24) is 9.78 Å². The van der Waals surface area contributed by atoms with Crippen molar-refractivity contribution in [1.29, 1.82) is 0 Å². The van der Waals surface area contributed by atoms with E-state index in [2.05, 4.69) is 10.4 Å². The molecule has 1 amide bonds. The van der Waals surface area contributed by atoms with E-state index in [1.807, 2.05) is 37.3 Å². The number of amides is 1. The lowest BCUT2D eigenvalue weighted by Crippen LogP contribution is -2.34. The lowest BCUT2D eigenvalue weighted by atomic mass is 10.1. The highest BCUT2D eigenvalue weighted by Gasteiger charge is 2.21. The number of Topliss-reactive ketones (excluding diaryl/α,β-unsaturated/α-hetero) is 1. The van der Waals surface area contributed by atoms with Crippen LogP contribution >= 0.6 is 0 Å². The summed E-state index contributed by atoms with van der Waals surface area (Å²) in [7, 11) is 0. The van der Waals surface area contributed by atoms with Crippen LogP contribution in [-0.4, -0.2) is 21.5 Å². The number of ketones is 1. The molecule has 2 aromatic carbocycles. The van der Waals surface area contributed by atoms with Gasteiger partial charge in [0.05, 0.1) is 5.69 Å². The number of aromatic nitrogens is 2. The summed E-state index contributed by atoms with van der Waals surface area (Å²) in [6, 6.07) is 18.4. The number of rotatable bonds is 6. The van der Waals surface area contributed by atoms with Crippen molar-refractivity contribution in [3.05, 3.63) is 82.6 Å². The van der Waals surface area contributed by atoms with E-state index in [0.717, 1.165) is 5.56 Å². The summed E-state index contributed by atoms with van der Waals surface area (Å²) in [6.45, 7) is 3.31. The molecule has 3 rings (SSSR count). The molecular weight excluding hydrogens is 354 g/mol. The van der Waals surface area contributed by atoms with Gasteiger partial charge in [-0.3, -0.25) is 14.4 Å². The Morgan fingerprint density at radius 2 is 1.68 bits per heavy atom. The van der Waals surface area contributed by atoms with Gasteiger partial charge in [0.25, 0.3) is 5.56 Å². The first kappa shape index (κ1) is 19.2. The van der Waals surface area contributed by atoms with Gasteiger partial charge < -0.3 is 5.32 Å². The zero-order chi connectivity index (χ0) is 20.1. The fraction of sp³-hybridized carbons (Fsp3) is 0.182. The predicted octanol–water partition coefficient (Wildman–Crippen LogP) is 3.70. The van der Waals surface area contributed by atoms with E-state index < -0.39 is 6.04 Å². The Hall–Kier alpha value is -3.54. The number of hydrogen-bond acceptors (Lipinski definition) is 4. The van der Waals surface area contributed by atoms with Gasteiger partial charge in [-0.05, 0) is 43.7 Å². The average Bonchev–Trinajstić information content (AvgIpc) is 2.71. The van der Waals surface area contributed by atoms with Gasteiger partial charge in [-0.25, -0.2) is 4.68 Å². The van der Waals surface area contributed by atoms with Gasteiger partial charge in [-0.2, -0.15) is 5.10 Å². The maximum Gasteiger partial charge on any atom is 0.267 e. The fourth-order valence-electron chi connectivity index (χ4n) is 2.89. The number of anilines is 1. The van der Waals surface area contributed by atoms with Gasteiger partial charge in [0.15, 0.2) is 5.78 Å². The smallest absolute Gasteiger partial charge is 0.267 e. The van der Waals surface area contributed by atoms with E-state index in [0.29, 0.717) is 23.4 Å². The highest BCUT2D eigenvalue weighted by atomic mass is 16.2. The lowest BCUT2D eigenvalue weighted by Gasteiger charge is -2.17. The predicted molar refractivity (Wildman–Crippen MR) is 108 cm³/mol. The molecule has 0 unspecified atom stereocenters. The second kappa shape index (κ2) is 8.43. The molecule has 142 valence electrons. The van der Waals surface area contributed by atoms with Gasteiger partial charge in [-0.15, -0.1) is 0 Å². The molecule has 0 aliphatic heterocycles. The molecule has 1 N–H and O–H groups in total. The zero-order valence-corrected chi connectivity index (χ0v) is 15.8. The third kappa shape index (κ3) is 4.23. The van der Waals surface area contributed by atoms with Crippen molar-refractivity contribution >= 4 is 17.4 Å². The van der Waals surface area contributed by atoms with Crippen LogP contribution in [0.4, 0.5) is 5.69 Å². The van der Waals surface area contributed by atoms with Crippen LogP contribution in [0, 0.1) is 0 Å². The summed E-state index contributed by atoms with van der Waals surface area (Å²) >= 11 is 0. The van der Waals surface area contributed by atoms with Crippen molar-refractivity contribution in [3.8, 4) is 11.3 Å². The largest absolute Gasteiger partial charge is 0.324 e. The van der Waals surface area contributed by atoms with Gasteiger partial charge in [-0.1, -0.05) is 37.3 Å². The molecule has 1 atom stereocenters. The number of nitrogens with zero attached hydrogens (tertiary/aromatic N) is 2. The van der Waals surface area contributed by atoms with Crippen molar-refractivity contribution in [2.45, 2.75) is 26.3 Å². The van der Waals surface area contributed by atoms with Crippen molar-refractivity contribution in [3.63, 3.8) is 0 Å². The minimum Gasteiger partial charge on any atom is -0.324 e. The minimum absolute atomic E-state index is 0.0437. The van der Waals surface area contributed by atoms with Crippen LogP contribution in [0.2, 0.25) is 0 Å². The van der Waals surface area contributed by atoms with Crippen LogP contribution in [0.5, 0.6) is 0 Å². The molecule has 0 aliphatic carbocycles. The Kier molecular flexibility index (Phi) is 5.79. The average molecular weight is 375 g/mol. The molecule has 1 heterocycles. The molecule has 6 nitrogen and oxygen atoms in total. The van der Waals surface area contributed by atoms with Crippen LogP contribution in [0.25, 0.3) is 11.3 Å². The summed E-state index contributed by atoms with van der Waals surface area (Å²) in [6.07, 6.45) is 0.405. The number of hydrogen-bond donors (Lipinski definition) is 1. The van der Waals surface area contributed by atoms with E-state index in [-0.39, 0.29) is 17.2 Å². The molecule has 0 radical (unpaired) electrons. The van der Waals surface area contributed by atoms with Crippen molar-refractivity contribution < 1.29 is 9.59 Å². The van der Waals surface area contributed by atoms with Gasteiger partial charge in [0.2, 0.25) is 5.91 Å². The molecule has 0 saturated carbocycles. The van der Waals surface area contributed by atoms with Crippen LogP contribution in [-0.2, 0) is 4.79 Å². The second-order valence-corrected chi connectivity index (χ2v) is 6.41. The summed E-state index contributed by atoms with van der Waals surface area (Å²) in [5, 5.41) is 7.21. The molecule has 0 fully saturated rings. The first-order valence-corrected chi connectivity index (χ1v) is 9.06. The van der Waals surface area contributed by atoms with Crippen molar-refractivity contribution in [2.75, 3.05) is 5.32 Å². The van der Waals surface area contributed by atoms with Crippen LogP contribution in [0.3, 0.4) is 0 Å². The fourth-order valence-corrected chi connectivity index (χ4v) is 2.89. The quantitative estimate of drug-likeness (QED) is 0.666. The normalized spacial score (nSPS) is 11.6. The number of benzene rings is 2. The second-order valence-electron chi connectivity index (χ2n) is 6.41. The standard InChI is InChI=1S/C22H21N3O3/c1-3-20(22(28)23-18-11-9-16(10-12-18)15(2)26)25-21(27)14-13-19(24-25)17-7-5-4-6-8-17/h4-14,20H,3H2,1-2H3,(H,23,28)/t20-/m0/s1. The molecule has 1 aromatic heterocycles. The third-order valence-electron chi connectivity index (χ3n) is 4.44. The van der Waals surface area contributed by atoms with Crippen molar-refractivity contribution in [2.24, 2.45) is 0 Å². The van der Waals surface area contributed by atoms with E-state index >= 15 is 0 Å². The maximum atomic E-state index is 12.8. The summed E-state index contributed by atoms with van der Waals surface area (Å²) in [4.78, 5) is 36.5. The SMILES string of the molecule is CC[C@@H](C(=O)Nc1ccc(C(C)=O)cc1)n1nc(-c2ccccc2)ccc1=O. The molecule has 6 heteroatoms. The first-order valence-electron chi connectivity index (χ1n) is 9.06. The highest BCUT2D eigenvalue weighted by molar-refractivity contribution is 5.96. The lowest BCUT2D eigenvalue weighted by molar-refractivity contribution is -0.119. The van der Waals surface area contributed by atoms with Crippen LogP contribution in [0.1, 0.15) is 36.7 Å². The van der Waals surface area contributed by atoms with E-state index in [4.69, 9.17) is 0 Å².